The minimum absolute atomic E-state index is 0.583. The highest BCUT2D eigenvalue weighted by Crippen LogP contribution is 2.34. The predicted octanol–water partition coefficient (Wildman–Crippen LogP) is 3.00. The maximum absolute atomic E-state index is 5.95. The van der Waals surface area contributed by atoms with E-state index in [1.54, 1.807) is 0 Å². The molecule has 0 saturated carbocycles. The molecule has 0 amide bonds. The van der Waals surface area contributed by atoms with Crippen LogP contribution in [0.2, 0.25) is 5.02 Å². The van der Waals surface area contributed by atoms with Crippen molar-refractivity contribution in [3.63, 3.8) is 0 Å². The molecule has 0 bridgehead atoms. The maximum Gasteiger partial charge on any atom is 0.0423 e. The fourth-order valence-corrected chi connectivity index (χ4v) is 2.60. The fourth-order valence-electron chi connectivity index (χ4n) is 1.63. The second-order valence-corrected chi connectivity index (χ2v) is 4.34. The van der Waals surface area contributed by atoms with Crippen LogP contribution in [0.3, 0.4) is 0 Å². The Morgan fingerprint density at radius 1 is 1.46 bits per heavy atom. The van der Waals surface area contributed by atoms with Crippen LogP contribution in [0.25, 0.3) is 5.57 Å². The van der Waals surface area contributed by atoms with E-state index in [0.29, 0.717) is 6.54 Å². The van der Waals surface area contributed by atoms with Gasteiger partial charge in [0.15, 0.2) is 0 Å². The molecule has 2 rings (SSSR count). The minimum atomic E-state index is 0.583. The third kappa shape index (κ3) is 1.54. The Balaban J connectivity index is 2.58. The molecule has 2 N–H and O–H groups in total. The molecule has 3 heteroatoms. The third-order valence-corrected chi connectivity index (χ3v) is 3.20. The zero-order valence-electron chi connectivity index (χ0n) is 6.98. The van der Waals surface area contributed by atoms with E-state index in [1.165, 1.54) is 16.7 Å². The second kappa shape index (κ2) is 3.45. The standard InChI is InChI=1S/C10H9BrClN/c11-10-4-7(12)3-9-6(5-13)1-2-8(9)10/h1,3-4H,2,5,13H2. The van der Waals surface area contributed by atoms with Crippen LogP contribution in [0, 0.1) is 0 Å². The lowest BCUT2D eigenvalue weighted by Gasteiger charge is -2.06. The molecule has 0 saturated heterocycles. The van der Waals surface area contributed by atoms with Crippen molar-refractivity contribution < 1.29 is 0 Å². The van der Waals surface area contributed by atoms with Gasteiger partial charge in [-0.3, -0.25) is 0 Å². The van der Waals surface area contributed by atoms with Crippen LogP contribution in [-0.2, 0) is 6.42 Å². The number of hydrogen-bond acceptors (Lipinski definition) is 1. The molecule has 0 radical (unpaired) electrons. The van der Waals surface area contributed by atoms with Crippen LogP contribution in [0.5, 0.6) is 0 Å². The summed E-state index contributed by atoms with van der Waals surface area (Å²) in [6.45, 7) is 0.583. The molecule has 0 aliphatic heterocycles. The van der Waals surface area contributed by atoms with Gasteiger partial charge in [-0.05, 0) is 35.3 Å². The smallest absolute Gasteiger partial charge is 0.0423 e. The van der Waals surface area contributed by atoms with E-state index in [-0.39, 0.29) is 0 Å². The highest BCUT2D eigenvalue weighted by atomic mass is 79.9. The number of fused-ring (bicyclic) bond motifs is 1. The lowest BCUT2D eigenvalue weighted by Crippen LogP contribution is -2.00. The van der Waals surface area contributed by atoms with Crippen molar-refractivity contribution in [2.24, 2.45) is 5.73 Å². The molecule has 1 aromatic carbocycles. The number of nitrogens with two attached hydrogens (primary N) is 1. The van der Waals surface area contributed by atoms with E-state index in [4.69, 9.17) is 17.3 Å². The largest absolute Gasteiger partial charge is 0.326 e. The van der Waals surface area contributed by atoms with Crippen molar-refractivity contribution >= 4 is 33.1 Å². The zero-order valence-corrected chi connectivity index (χ0v) is 9.32. The van der Waals surface area contributed by atoms with Crippen LogP contribution < -0.4 is 5.73 Å². The summed E-state index contributed by atoms with van der Waals surface area (Å²) in [7, 11) is 0. The van der Waals surface area contributed by atoms with Crippen molar-refractivity contribution in [3.05, 3.63) is 38.8 Å². The molecular weight excluding hydrogens is 249 g/mol. The number of rotatable bonds is 1. The molecule has 0 atom stereocenters. The zero-order chi connectivity index (χ0) is 9.42. The van der Waals surface area contributed by atoms with Gasteiger partial charge < -0.3 is 5.73 Å². The van der Waals surface area contributed by atoms with Crippen LogP contribution in [-0.4, -0.2) is 6.54 Å². The van der Waals surface area contributed by atoms with Crippen LogP contribution in [0.1, 0.15) is 11.1 Å². The number of allylic oxidation sites excluding steroid dienone is 1. The molecule has 1 aliphatic carbocycles. The summed E-state index contributed by atoms with van der Waals surface area (Å²) in [5.41, 5.74) is 9.31. The van der Waals surface area contributed by atoms with E-state index < -0.39 is 0 Å². The molecular formula is C10H9BrClN. The van der Waals surface area contributed by atoms with Gasteiger partial charge in [0, 0.05) is 16.0 Å². The lowest BCUT2D eigenvalue weighted by molar-refractivity contribution is 1.27. The molecule has 0 spiro atoms. The summed E-state index contributed by atoms with van der Waals surface area (Å²) in [5, 5.41) is 0.756. The van der Waals surface area contributed by atoms with Crippen molar-refractivity contribution in [3.8, 4) is 0 Å². The first-order valence-electron chi connectivity index (χ1n) is 4.09. The average molecular weight is 259 g/mol. The molecule has 1 aromatic rings. The van der Waals surface area contributed by atoms with Crippen molar-refractivity contribution in [2.75, 3.05) is 6.54 Å². The molecule has 68 valence electrons. The van der Waals surface area contributed by atoms with E-state index in [2.05, 4.69) is 22.0 Å². The summed E-state index contributed by atoms with van der Waals surface area (Å²) in [6, 6.07) is 3.90. The fraction of sp³-hybridized carbons (Fsp3) is 0.200. The number of hydrogen-bond donors (Lipinski definition) is 1. The molecule has 0 aromatic heterocycles. The first-order valence-corrected chi connectivity index (χ1v) is 5.27. The Hall–Kier alpha value is -0.310. The predicted molar refractivity (Wildman–Crippen MR) is 59.9 cm³/mol. The Morgan fingerprint density at radius 2 is 2.23 bits per heavy atom. The van der Waals surface area contributed by atoms with E-state index >= 15 is 0 Å². The van der Waals surface area contributed by atoms with E-state index in [0.717, 1.165) is 15.9 Å². The SMILES string of the molecule is NCC1=CCc2c(Br)cc(Cl)cc21. The van der Waals surface area contributed by atoms with Crippen molar-refractivity contribution in [2.45, 2.75) is 6.42 Å². The summed E-state index contributed by atoms with van der Waals surface area (Å²) >= 11 is 9.45. The molecule has 0 fully saturated rings. The van der Waals surface area contributed by atoms with Gasteiger partial charge in [-0.15, -0.1) is 0 Å². The van der Waals surface area contributed by atoms with Crippen molar-refractivity contribution in [1.29, 1.82) is 0 Å². The summed E-state index contributed by atoms with van der Waals surface area (Å²) in [5.74, 6) is 0. The first-order chi connectivity index (χ1) is 6.22. The Bertz CT molecular complexity index is 385. The van der Waals surface area contributed by atoms with Crippen LogP contribution in [0.4, 0.5) is 0 Å². The van der Waals surface area contributed by atoms with Gasteiger partial charge in [0.25, 0.3) is 0 Å². The summed E-state index contributed by atoms with van der Waals surface area (Å²) < 4.78 is 1.08. The van der Waals surface area contributed by atoms with Crippen molar-refractivity contribution in [1.82, 2.24) is 0 Å². The molecule has 1 nitrogen and oxygen atoms in total. The van der Waals surface area contributed by atoms with Gasteiger partial charge in [-0.25, -0.2) is 0 Å². The Morgan fingerprint density at radius 3 is 2.92 bits per heavy atom. The topological polar surface area (TPSA) is 26.0 Å². The van der Waals surface area contributed by atoms with E-state index in [9.17, 15) is 0 Å². The lowest BCUT2D eigenvalue weighted by atomic mass is 10.1. The third-order valence-electron chi connectivity index (χ3n) is 2.28. The normalized spacial score (nSPS) is 14.2. The molecule has 13 heavy (non-hydrogen) atoms. The second-order valence-electron chi connectivity index (χ2n) is 3.05. The summed E-state index contributed by atoms with van der Waals surface area (Å²) in [6.07, 6.45) is 3.12. The van der Waals surface area contributed by atoms with Gasteiger partial charge in [-0.1, -0.05) is 33.6 Å². The summed E-state index contributed by atoms with van der Waals surface area (Å²) in [4.78, 5) is 0. The van der Waals surface area contributed by atoms with Gasteiger partial charge >= 0.3 is 0 Å². The first kappa shape index (κ1) is 9.25. The minimum Gasteiger partial charge on any atom is -0.326 e. The monoisotopic (exact) mass is 257 g/mol. The average Bonchev–Trinajstić information content (AvgIpc) is 2.47. The van der Waals surface area contributed by atoms with Gasteiger partial charge in [0.2, 0.25) is 0 Å². The van der Waals surface area contributed by atoms with Gasteiger partial charge in [-0.2, -0.15) is 0 Å². The molecule has 0 heterocycles. The van der Waals surface area contributed by atoms with Gasteiger partial charge in [0.1, 0.15) is 0 Å². The quantitative estimate of drug-likeness (QED) is 0.823. The van der Waals surface area contributed by atoms with Gasteiger partial charge in [0.05, 0.1) is 0 Å². The van der Waals surface area contributed by atoms with E-state index in [1.807, 2.05) is 12.1 Å². The highest BCUT2D eigenvalue weighted by molar-refractivity contribution is 9.10. The molecule has 0 unspecified atom stereocenters. The number of halogens is 2. The number of benzene rings is 1. The Labute approximate surface area is 90.7 Å². The highest BCUT2D eigenvalue weighted by Gasteiger charge is 2.15. The maximum atomic E-state index is 5.95. The van der Waals surface area contributed by atoms with Crippen LogP contribution >= 0.6 is 27.5 Å². The van der Waals surface area contributed by atoms with Crippen LogP contribution in [0.15, 0.2) is 22.7 Å². The Kier molecular flexibility index (Phi) is 2.45. The molecule has 1 aliphatic rings.